The van der Waals surface area contributed by atoms with E-state index in [-0.39, 0.29) is 5.91 Å². The van der Waals surface area contributed by atoms with E-state index >= 15 is 0 Å². The summed E-state index contributed by atoms with van der Waals surface area (Å²) >= 11 is 5.91. The maximum Gasteiger partial charge on any atom is 0.240 e. The number of hydrogen-bond acceptors (Lipinski definition) is 3. The normalized spacial score (nSPS) is 10.9. The Hall–Kier alpha value is -2.92. The second-order valence-electron chi connectivity index (χ2n) is 5.49. The molecule has 5 nitrogen and oxygen atoms in total. The number of amides is 1. The van der Waals surface area contributed by atoms with Crippen molar-refractivity contribution in [2.24, 2.45) is 5.10 Å². The van der Waals surface area contributed by atoms with E-state index in [2.05, 4.69) is 20.7 Å². The number of aromatic amines is 1. The molecule has 3 aromatic rings. The van der Waals surface area contributed by atoms with Crippen LogP contribution >= 0.6 is 11.6 Å². The first-order valence-corrected chi connectivity index (χ1v) is 8.25. The maximum absolute atomic E-state index is 11.9. The fraction of sp³-hybridized carbons (Fsp3) is 0.105. The first-order chi connectivity index (χ1) is 12.2. The van der Waals surface area contributed by atoms with Crippen molar-refractivity contribution in [2.45, 2.75) is 12.8 Å². The third kappa shape index (κ3) is 4.78. The molecule has 0 spiro atoms. The van der Waals surface area contributed by atoms with Crippen LogP contribution < -0.4 is 5.43 Å². The third-order valence-electron chi connectivity index (χ3n) is 3.68. The SMILES string of the molecule is O=C(CCc1ccccc1)NN=Cc1cn[nH]c1-c1ccc(Cl)cc1. The molecule has 1 heterocycles. The van der Waals surface area contributed by atoms with Crippen LogP contribution in [-0.4, -0.2) is 22.3 Å². The first kappa shape index (κ1) is 16.9. The lowest BCUT2D eigenvalue weighted by molar-refractivity contribution is -0.121. The zero-order chi connectivity index (χ0) is 17.5. The van der Waals surface area contributed by atoms with Crippen LogP contribution in [-0.2, 0) is 11.2 Å². The van der Waals surface area contributed by atoms with Gasteiger partial charge in [0.25, 0.3) is 0 Å². The largest absolute Gasteiger partial charge is 0.277 e. The molecular weight excluding hydrogens is 336 g/mol. The molecule has 0 atom stereocenters. The highest BCUT2D eigenvalue weighted by Crippen LogP contribution is 2.21. The minimum absolute atomic E-state index is 0.128. The molecule has 1 amide bonds. The molecule has 0 radical (unpaired) electrons. The summed E-state index contributed by atoms with van der Waals surface area (Å²) in [5.74, 6) is -0.128. The molecule has 0 fully saturated rings. The Balaban J connectivity index is 1.57. The minimum atomic E-state index is -0.128. The number of hydrazone groups is 1. The van der Waals surface area contributed by atoms with Crippen molar-refractivity contribution in [2.75, 3.05) is 0 Å². The Labute approximate surface area is 150 Å². The summed E-state index contributed by atoms with van der Waals surface area (Å²) in [6.07, 6.45) is 4.30. The van der Waals surface area contributed by atoms with Gasteiger partial charge in [-0.15, -0.1) is 0 Å². The van der Waals surface area contributed by atoms with Gasteiger partial charge in [0.15, 0.2) is 0 Å². The van der Waals surface area contributed by atoms with E-state index in [0.717, 1.165) is 22.4 Å². The summed E-state index contributed by atoms with van der Waals surface area (Å²) in [6.45, 7) is 0. The molecule has 0 unspecified atom stereocenters. The van der Waals surface area contributed by atoms with Crippen LogP contribution in [0.2, 0.25) is 5.02 Å². The lowest BCUT2D eigenvalue weighted by Gasteiger charge is -2.01. The van der Waals surface area contributed by atoms with Gasteiger partial charge < -0.3 is 0 Å². The number of carbonyl (C=O) groups excluding carboxylic acids is 1. The Bertz CT molecular complexity index is 857. The number of halogens is 1. The van der Waals surface area contributed by atoms with E-state index in [0.29, 0.717) is 17.9 Å². The number of aryl methyl sites for hydroxylation is 1. The van der Waals surface area contributed by atoms with Crippen LogP contribution in [0.25, 0.3) is 11.3 Å². The van der Waals surface area contributed by atoms with Crippen molar-refractivity contribution in [3.05, 3.63) is 76.9 Å². The fourth-order valence-corrected chi connectivity index (χ4v) is 2.50. The van der Waals surface area contributed by atoms with Crippen molar-refractivity contribution < 1.29 is 4.79 Å². The molecule has 0 aliphatic carbocycles. The number of hydrogen-bond donors (Lipinski definition) is 2. The van der Waals surface area contributed by atoms with Crippen LogP contribution in [0.5, 0.6) is 0 Å². The van der Waals surface area contributed by atoms with Crippen molar-refractivity contribution in [3.63, 3.8) is 0 Å². The number of H-pyrrole nitrogens is 1. The van der Waals surface area contributed by atoms with Gasteiger partial charge in [0.05, 0.1) is 18.1 Å². The average molecular weight is 353 g/mol. The maximum atomic E-state index is 11.9. The van der Waals surface area contributed by atoms with E-state index in [4.69, 9.17) is 11.6 Å². The quantitative estimate of drug-likeness (QED) is 0.523. The van der Waals surface area contributed by atoms with Gasteiger partial charge in [-0.25, -0.2) is 5.43 Å². The van der Waals surface area contributed by atoms with Crippen LogP contribution in [0.1, 0.15) is 17.5 Å². The molecule has 6 heteroatoms. The number of aromatic nitrogens is 2. The van der Waals surface area contributed by atoms with E-state index in [1.54, 1.807) is 12.4 Å². The van der Waals surface area contributed by atoms with Gasteiger partial charge in [-0.1, -0.05) is 54.1 Å². The average Bonchev–Trinajstić information content (AvgIpc) is 3.10. The number of benzene rings is 2. The molecule has 25 heavy (non-hydrogen) atoms. The third-order valence-corrected chi connectivity index (χ3v) is 3.93. The number of rotatable bonds is 6. The van der Waals surface area contributed by atoms with E-state index < -0.39 is 0 Å². The number of nitrogens with one attached hydrogen (secondary N) is 2. The highest BCUT2D eigenvalue weighted by atomic mass is 35.5. The molecule has 1 aromatic heterocycles. The van der Waals surface area contributed by atoms with E-state index in [1.807, 2.05) is 54.6 Å². The fourth-order valence-electron chi connectivity index (χ4n) is 2.37. The van der Waals surface area contributed by atoms with Gasteiger partial charge in [-0.2, -0.15) is 10.2 Å². The number of carbonyl (C=O) groups is 1. The van der Waals surface area contributed by atoms with Crippen LogP contribution in [0, 0.1) is 0 Å². The monoisotopic (exact) mass is 352 g/mol. The Morgan fingerprint density at radius 3 is 2.68 bits per heavy atom. The van der Waals surface area contributed by atoms with Gasteiger partial charge >= 0.3 is 0 Å². The molecule has 2 aromatic carbocycles. The van der Waals surface area contributed by atoms with Crippen LogP contribution in [0.3, 0.4) is 0 Å². The summed E-state index contributed by atoms with van der Waals surface area (Å²) < 4.78 is 0. The summed E-state index contributed by atoms with van der Waals surface area (Å²) in [7, 11) is 0. The van der Waals surface area contributed by atoms with Gasteiger partial charge in [-0.05, 0) is 24.1 Å². The molecule has 0 saturated heterocycles. The Morgan fingerprint density at radius 2 is 1.92 bits per heavy atom. The predicted molar refractivity (Wildman–Crippen MR) is 99.5 cm³/mol. The highest BCUT2D eigenvalue weighted by molar-refractivity contribution is 6.30. The van der Waals surface area contributed by atoms with Gasteiger partial charge in [-0.3, -0.25) is 9.89 Å². The molecule has 0 saturated carbocycles. The summed E-state index contributed by atoms with van der Waals surface area (Å²) in [5, 5.41) is 11.7. The van der Waals surface area contributed by atoms with Crippen LogP contribution in [0.15, 0.2) is 65.9 Å². The zero-order valence-corrected chi connectivity index (χ0v) is 14.2. The molecule has 126 valence electrons. The van der Waals surface area contributed by atoms with E-state index in [1.165, 1.54) is 0 Å². The molecular formula is C19H17ClN4O. The van der Waals surface area contributed by atoms with Gasteiger partial charge in [0.1, 0.15) is 0 Å². The van der Waals surface area contributed by atoms with Crippen LogP contribution in [0.4, 0.5) is 0 Å². The smallest absolute Gasteiger partial charge is 0.240 e. The van der Waals surface area contributed by atoms with Crippen molar-refractivity contribution in [3.8, 4) is 11.3 Å². The number of nitrogens with zero attached hydrogens (tertiary/aromatic N) is 2. The minimum Gasteiger partial charge on any atom is -0.277 e. The van der Waals surface area contributed by atoms with Gasteiger partial charge in [0.2, 0.25) is 5.91 Å². The lowest BCUT2D eigenvalue weighted by Crippen LogP contribution is -2.17. The zero-order valence-electron chi connectivity index (χ0n) is 13.4. The molecule has 0 aliphatic rings. The predicted octanol–water partition coefficient (Wildman–Crippen LogP) is 3.81. The summed E-state index contributed by atoms with van der Waals surface area (Å²) in [6, 6.07) is 17.3. The molecule has 0 bridgehead atoms. The van der Waals surface area contributed by atoms with Crippen molar-refractivity contribution in [1.29, 1.82) is 0 Å². The second-order valence-corrected chi connectivity index (χ2v) is 5.92. The topological polar surface area (TPSA) is 70.1 Å². The highest BCUT2D eigenvalue weighted by Gasteiger charge is 2.06. The first-order valence-electron chi connectivity index (χ1n) is 7.87. The summed E-state index contributed by atoms with van der Waals surface area (Å²) in [4.78, 5) is 11.9. The molecule has 0 aliphatic heterocycles. The van der Waals surface area contributed by atoms with Gasteiger partial charge in [0, 0.05) is 22.6 Å². The second kappa shape index (κ2) is 8.26. The molecule has 3 rings (SSSR count). The lowest BCUT2D eigenvalue weighted by atomic mass is 10.1. The molecule has 2 N–H and O–H groups in total. The summed E-state index contributed by atoms with van der Waals surface area (Å²) in [5.41, 5.74) is 6.22. The van der Waals surface area contributed by atoms with E-state index in [9.17, 15) is 4.79 Å². The standard InChI is InChI=1S/C19H17ClN4O/c20-17-9-7-15(8-10-17)19-16(13-22-24-19)12-21-23-18(25)11-6-14-4-2-1-3-5-14/h1-5,7-10,12-13H,6,11H2,(H,22,24)(H,23,25). The van der Waals surface area contributed by atoms with Crippen molar-refractivity contribution in [1.82, 2.24) is 15.6 Å². The van der Waals surface area contributed by atoms with Crippen molar-refractivity contribution >= 4 is 23.7 Å². The Kier molecular flexibility index (Phi) is 5.59. The Morgan fingerprint density at radius 1 is 1.16 bits per heavy atom.